The molecule has 3 rings (SSSR count). The van der Waals surface area contributed by atoms with Crippen LogP contribution in [0.15, 0.2) is 12.1 Å². The van der Waals surface area contributed by atoms with Crippen molar-refractivity contribution < 1.29 is 40.4 Å². The van der Waals surface area contributed by atoms with Gasteiger partial charge in [0, 0.05) is 30.3 Å². The lowest BCUT2D eigenvalue weighted by Gasteiger charge is -2.29. The molecule has 0 bridgehead atoms. The van der Waals surface area contributed by atoms with Crippen molar-refractivity contribution >= 4 is 39.9 Å². The zero-order valence-corrected chi connectivity index (χ0v) is 18.4. The number of nitrogens with zero attached hydrogens (tertiary/aromatic N) is 1. The van der Waals surface area contributed by atoms with Crippen molar-refractivity contribution in [2.45, 2.75) is 51.8 Å². The Labute approximate surface area is 183 Å². The summed E-state index contributed by atoms with van der Waals surface area (Å²) in [6.07, 6.45) is 0.169. The van der Waals surface area contributed by atoms with E-state index < -0.39 is 51.6 Å². The SMILES string of the molecule is CC(C)(C)OC(=O)CNc1cc(OS(=O)(=O)F)cc2c1CN(C1CCC(=O)NC1=O)C2=O. The lowest BCUT2D eigenvalue weighted by Crippen LogP contribution is -2.52. The maximum absolute atomic E-state index is 13.1. The number of rotatable bonds is 6. The molecule has 32 heavy (non-hydrogen) atoms. The number of hydrogen-bond donors (Lipinski definition) is 2. The summed E-state index contributed by atoms with van der Waals surface area (Å²) in [5.41, 5.74) is -0.281. The normalized spacial score (nSPS) is 18.8. The van der Waals surface area contributed by atoms with Gasteiger partial charge in [0.2, 0.25) is 11.8 Å². The lowest BCUT2D eigenvalue weighted by atomic mass is 10.0. The largest absolute Gasteiger partial charge is 0.488 e. The Bertz CT molecular complexity index is 1100. The van der Waals surface area contributed by atoms with Crippen molar-refractivity contribution in [3.8, 4) is 5.75 Å². The van der Waals surface area contributed by atoms with Crippen LogP contribution in [0.1, 0.15) is 49.5 Å². The minimum Gasteiger partial charge on any atom is -0.459 e. The number of benzene rings is 1. The number of anilines is 1. The number of amides is 3. The van der Waals surface area contributed by atoms with E-state index in [0.717, 1.165) is 12.1 Å². The van der Waals surface area contributed by atoms with Crippen molar-refractivity contribution in [2.75, 3.05) is 11.9 Å². The summed E-state index contributed by atoms with van der Waals surface area (Å²) in [6, 6.07) is 1.25. The molecule has 0 spiro atoms. The Hall–Kier alpha value is -3.22. The Morgan fingerprint density at radius 3 is 2.56 bits per heavy atom. The van der Waals surface area contributed by atoms with E-state index in [-0.39, 0.29) is 37.2 Å². The Kier molecular flexibility index (Phi) is 6.13. The molecule has 0 radical (unpaired) electrons. The van der Waals surface area contributed by atoms with Crippen LogP contribution in [0.4, 0.5) is 9.57 Å². The molecule has 0 aromatic heterocycles. The van der Waals surface area contributed by atoms with E-state index in [1.54, 1.807) is 20.8 Å². The summed E-state index contributed by atoms with van der Waals surface area (Å²) in [4.78, 5) is 49.9. The molecule has 1 aromatic carbocycles. The van der Waals surface area contributed by atoms with Crippen molar-refractivity contribution in [2.24, 2.45) is 0 Å². The summed E-state index contributed by atoms with van der Waals surface area (Å²) in [5.74, 6) is -2.82. The molecule has 2 N–H and O–H groups in total. The highest BCUT2D eigenvalue weighted by Crippen LogP contribution is 2.36. The third kappa shape index (κ3) is 5.52. The molecule has 1 saturated heterocycles. The van der Waals surface area contributed by atoms with Crippen LogP contribution < -0.4 is 14.8 Å². The standard InChI is InChI=1S/C19H22FN3O8S/c1-19(2,3)30-16(25)8-21-13-7-10(31-32(20,28)29)6-11-12(13)9-23(18(11)27)14-4-5-15(24)22-17(14)26/h6-7,14,21H,4-5,8-9H2,1-3H3,(H,22,24,26). The van der Waals surface area contributed by atoms with E-state index in [1.165, 1.54) is 4.90 Å². The molecule has 174 valence electrons. The molecule has 1 fully saturated rings. The van der Waals surface area contributed by atoms with Gasteiger partial charge in [-0.25, -0.2) is 0 Å². The highest BCUT2D eigenvalue weighted by Gasteiger charge is 2.40. The van der Waals surface area contributed by atoms with E-state index in [4.69, 9.17) is 4.74 Å². The number of hydrogen-bond acceptors (Lipinski definition) is 9. The first-order valence-corrected chi connectivity index (χ1v) is 11.0. The van der Waals surface area contributed by atoms with Gasteiger partial charge in [-0.1, -0.05) is 3.89 Å². The maximum Gasteiger partial charge on any atom is 0.488 e. The number of nitrogens with one attached hydrogen (secondary N) is 2. The predicted molar refractivity (Wildman–Crippen MR) is 107 cm³/mol. The third-order valence-electron chi connectivity index (χ3n) is 4.67. The van der Waals surface area contributed by atoms with Crippen LogP contribution in [0.25, 0.3) is 0 Å². The number of ether oxygens (including phenoxy) is 1. The van der Waals surface area contributed by atoms with Gasteiger partial charge in [0.25, 0.3) is 5.91 Å². The first-order chi connectivity index (χ1) is 14.7. The molecule has 2 heterocycles. The second kappa shape index (κ2) is 8.37. The van der Waals surface area contributed by atoms with Crippen LogP contribution in [0, 0.1) is 0 Å². The molecule has 13 heteroatoms. The number of carbonyl (C=O) groups excluding carboxylic acids is 4. The molecule has 11 nitrogen and oxygen atoms in total. The summed E-state index contributed by atoms with van der Waals surface area (Å²) in [5, 5.41) is 4.92. The van der Waals surface area contributed by atoms with E-state index in [2.05, 4.69) is 14.8 Å². The van der Waals surface area contributed by atoms with Crippen LogP contribution in [-0.2, 0) is 36.2 Å². The van der Waals surface area contributed by atoms with Crippen LogP contribution in [-0.4, -0.2) is 55.2 Å². The third-order valence-corrected chi connectivity index (χ3v) is 5.06. The molecular weight excluding hydrogens is 449 g/mol. The molecule has 1 aromatic rings. The van der Waals surface area contributed by atoms with Gasteiger partial charge in [0.15, 0.2) is 0 Å². The van der Waals surface area contributed by atoms with Gasteiger partial charge in [-0.05, 0) is 33.3 Å². The van der Waals surface area contributed by atoms with Crippen LogP contribution in [0.2, 0.25) is 0 Å². The topological polar surface area (TPSA) is 148 Å². The van der Waals surface area contributed by atoms with Gasteiger partial charge in [-0.15, -0.1) is 0 Å². The van der Waals surface area contributed by atoms with Crippen molar-refractivity contribution in [1.29, 1.82) is 0 Å². The van der Waals surface area contributed by atoms with E-state index in [0.29, 0.717) is 5.56 Å². The first-order valence-electron chi connectivity index (χ1n) is 9.65. The fourth-order valence-electron chi connectivity index (χ4n) is 3.50. The summed E-state index contributed by atoms with van der Waals surface area (Å²) in [6.45, 7) is 4.65. The molecular formula is C19H22FN3O8S. The highest BCUT2D eigenvalue weighted by molar-refractivity contribution is 7.81. The number of halogens is 1. The van der Waals surface area contributed by atoms with Gasteiger partial charge in [-0.2, -0.15) is 8.42 Å². The van der Waals surface area contributed by atoms with Gasteiger partial charge >= 0.3 is 16.5 Å². The van der Waals surface area contributed by atoms with Crippen LogP contribution in [0.3, 0.4) is 0 Å². The fraction of sp³-hybridized carbons (Fsp3) is 0.474. The minimum atomic E-state index is -5.38. The van der Waals surface area contributed by atoms with Crippen molar-refractivity contribution in [3.63, 3.8) is 0 Å². The molecule has 0 saturated carbocycles. The average Bonchev–Trinajstić information content (AvgIpc) is 2.94. The number of carbonyl (C=O) groups is 4. The van der Waals surface area contributed by atoms with Gasteiger partial charge in [0.05, 0.1) is 5.56 Å². The molecule has 3 amide bonds. The second-order valence-corrected chi connectivity index (χ2v) is 9.27. The maximum atomic E-state index is 13.1. The Morgan fingerprint density at radius 1 is 1.28 bits per heavy atom. The zero-order valence-electron chi connectivity index (χ0n) is 17.6. The fourth-order valence-corrected chi connectivity index (χ4v) is 3.83. The Morgan fingerprint density at radius 2 is 1.97 bits per heavy atom. The number of fused-ring (bicyclic) bond motifs is 1. The van der Waals surface area contributed by atoms with Gasteiger partial charge < -0.3 is 19.1 Å². The highest BCUT2D eigenvalue weighted by atomic mass is 32.3. The van der Waals surface area contributed by atoms with Crippen LogP contribution >= 0.6 is 0 Å². The molecule has 2 aliphatic rings. The molecule has 2 aliphatic heterocycles. The number of imide groups is 1. The summed E-state index contributed by atoms with van der Waals surface area (Å²) < 4.78 is 44.4. The average molecular weight is 471 g/mol. The summed E-state index contributed by atoms with van der Waals surface area (Å²) >= 11 is 0. The minimum absolute atomic E-state index is 0.0254. The van der Waals surface area contributed by atoms with Crippen molar-refractivity contribution in [1.82, 2.24) is 10.2 Å². The van der Waals surface area contributed by atoms with E-state index >= 15 is 0 Å². The molecule has 1 atom stereocenters. The lowest BCUT2D eigenvalue weighted by molar-refractivity contribution is -0.152. The predicted octanol–water partition coefficient (Wildman–Crippen LogP) is 0.794. The van der Waals surface area contributed by atoms with Crippen molar-refractivity contribution in [3.05, 3.63) is 23.3 Å². The second-order valence-electron chi connectivity index (χ2n) is 8.31. The van der Waals surface area contributed by atoms with E-state index in [1.807, 2.05) is 0 Å². The monoisotopic (exact) mass is 471 g/mol. The molecule has 0 aliphatic carbocycles. The zero-order chi connectivity index (χ0) is 23.8. The first kappa shape index (κ1) is 23.4. The smallest absolute Gasteiger partial charge is 0.459 e. The number of esters is 1. The van der Waals surface area contributed by atoms with Gasteiger partial charge in [0.1, 0.15) is 23.9 Å². The number of piperidine rings is 1. The van der Waals surface area contributed by atoms with E-state index in [9.17, 15) is 31.5 Å². The quantitative estimate of drug-likeness (QED) is 0.349. The van der Waals surface area contributed by atoms with Crippen LogP contribution in [0.5, 0.6) is 5.75 Å². The molecule has 1 unspecified atom stereocenters. The Balaban J connectivity index is 1.90. The van der Waals surface area contributed by atoms with Gasteiger partial charge in [-0.3, -0.25) is 24.5 Å². The summed E-state index contributed by atoms with van der Waals surface area (Å²) in [7, 11) is -5.38.